The second-order valence-electron chi connectivity index (χ2n) is 4.69. The Kier molecular flexibility index (Phi) is 1.85. The fourth-order valence-electron chi connectivity index (χ4n) is 1.85. The van der Waals surface area contributed by atoms with Crippen molar-refractivity contribution in [2.45, 2.75) is 25.8 Å². The third-order valence-corrected chi connectivity index (χ3v) is 3.22. The molecule has 2 rings (SSSR count). The molecule has 15 heavy (non-hydrogen) atoms. The Morgan fingerprint density at radius 1 is 1.53 bits per heavy atom. The van der Waals surface area contributed by atoms with Crippen LogP contribution in [0.4, 0.5) is 5.69 Å². The van der Waals surface area contributed by atoms with E-state index in [1.54, 1.807) is 6.07 Å². The Labute approximate surface area is 87.5 Å². The third kappa shape index (κ3) is 1.39. The number of hydrogen-bond acceptors (Lipinski definition) is 4. The number of hydrogen-bond donors (Lipinski definition) is 1. The van der Waals surface area contributed by atoms with Crippen molar-refractivity contribution in [3.8, 4) is 0 Å². The molecule has 0 saturated heterocycles. The van der Waals surface area contributed by atoms with E-state index < -0.39 is 10.5 Å². The maximum absolute atomic E-state index is 10.4. The van der Waals surface area contributed by atoms with Crippen molar-refractivity contribution in [3.63, 3.8) is 0 Å². The summed E-state index contributed by atoms with van der Waals surface area (Å²) in [5, 5.41) is 10.4. The van der Waals surface area contributed by atoms with Crippen molar-refractivity contribution < 1.29 is 4.92 Å². The Morgan fingerprint density at radius 3 is 2.47 bits per heavy atom. The summed E-state index contributed by atoms with van der Waals surface area (Å²) in [5.74, 6) is 0. The topological polar surface area (TPSA) is 82.0 Å². The van der Waals surface area contributed by atoms with Gasteiger partial charge in [0.1, 0.15) is 6.20 Å². The normalized spacial score (nSPS) is 27.4. The van der Waals surface area contributed by atoms with Crippen LogP contribution >= 0.6 is 0 Å². The molecule has 1 aliphatic rings. The van der Waals surface area contributed by atoms with Crippen LogP contribution in [0.25, 0.3) is 0 Å². The van der Waals surface area contributed by atoms with Crippen molar-refractivity contribution in [1.82, 2.24) is 4.98 Å². The summed E-state index contributed by atoms with van der Waals surface area (Å²) in [4.78, 5) is 14.0. The Balaban J connectivity index is 2.30. The van der Waals surface area contributed by atoms with Gasteiger partial charge in [-0.15, -0.1) is 0 Å². The Morgan fingerprint density at radius 2 is 2.13 bits per heavy atom. The highest BCUT2D eigenvalue weighted by molar-refractivity contribution is 5.34. The highest BCUT2D eigenvalue weighted by Gasteiger charge is 2.60. The monoisotopic (exact) mass is 207 g/mol. The number of aromatic nitrogens is 1. The highest BCUT2D eigenvalue weighted by Crippen LogP contribution is 2.59. The van der Waals surface area contributed by atoms with E-state index in [4.69, 9.17) is 5.73 Å². The molecule has 2 N–H and O–H groups in total. The van der Waals surface area contributed by atoms with Crippen LogP contribution in [0.3, 0.4) is 0 Å². The van der Waals surface area contributed by atoms with Gasteiger partial charge in [-0.2, -0.15) is 0 Å². The van der Waals surface area contributed by atoms with Crippen molar-refractivity contribution >= 4 is 5.69 Å². The van der Waals surface area contributed by atoms with E-state index in [-0.39, 0.29) is 11.1 Å². The van der Waals surface area contributed by atoms with Gasteiger partial charge in [-0.1, -0.05) is 13.8 Å². The van der Waals surface area contributed by atoms with Gasteiger partial charge in [0.2, 0.25) is 0 Å². The molecule has 1 heterocycles. The molecule has 0 aromatic carbocycles. The average Bonchev–Trinajstić information content (AvgIpc) is 2.67. The van der Waals surface area contributed by atoms with Gasteiger partial charge >= 0.3 is 0 Å². The highest BCUT2D eigenvalue weighted by atomic mass is 16.6. The van der Waals surface area contributed by atoms with Crippen LogP contribution in [0.5, 0.6) is 0 Å². The Hall–Kier alpha value is -1.49. The van der Waals surface area contributed by atoms with Gasteiger partial charge in [-0.25, -0.2) is 0 Å². The lowest BCUT2D eigenvalue weighted by atomic mass is 10.0. The second-order valence-corrected chi connectivity index (χ2v) is 4.69. The first kappa shape index (κ1) is 10.0. The van der Waals surface area contributed by atoms with Crippen LogP contribution in [0.1, 0.15) is 26.0 Å². The molecule has 0 bridgehead atoms. The summed E-state index contributed by atoms with van der Waals surface area (Å²) in [6, 6.07) is 3.10. The number of nitrogens with two attached hydrogens (primary N) is 1. The lowest BCUT2D eigenvalue weighted by Gasteiger charge is -2.13. The average molecular weight is 207 g/mol. The molecular formula is C10H13N3O2. The largest absolute Gasteiger partial charge is 0.320 e. The smallest absolute Gasteiger partial charge is 0.287 e. The molecule has 1 fully saturated rings. The maximum atomic E-state index is 10.4. The number of nitrogens with zero attached hydrogens (tertiary/aromatic N) is 2. The second kappa shape index (κ2) is 2.76. The maximum Gasteiger partial charge on any atom is 0.287 e. The fraction of sp³-hybridized carbons (Fsp3) is 0.500. The van der Waals surface area contributed by atoms with Crippen molar-refractivity contribution in [2.24, 2.45) is 11.1 Å². The van der Waals surface area contributed by atoms with Gasteiger partial charge in [0.15, 0.2) is 0 Å². The van der Waals surface area contributed by atoms with Gasteiger partial charge in [0.25, 0.3) is 5.69 Å². The number of pyridine rings is 1. The number of rotatable bonds is 2. The predicted molar refractivity (Wildman–Crippen MR) is 55.2 cm³/mol. The number of nitro groups is 1. The summed E-state index contributed by atoms with van der Waals surface area (Å²) in [6.07, 6.45) is 2.13. The van der Waals surface area contributed by atoms with Gasteiger partial charge in [-0.05, 0) is 17.9 Å². The predicted octanol–water partition coefficient (Wildman–Crippen LogP) is 1.57. The van der Waals surface area contributed by atoms with Crippen LogP contribution in [0, 0.1) is 15.5 Å². The quantitative estimate of drug-likeness (QED) is 0.589. The minimum atomic E-state index is -0.460. The minimum absolute atomic E-state index is 0.000746. The summed E-state index contributed by atoms with van der Waals surface area (Å²) in [5.41, 5.74) is 6.50. The molecule has 1 aromatic heterocycles. The summed E-state index contributed by atoms with van der Waals surface area (Å²) in [6.45, 7) is 4.13. The Bertz CT molecular complexity index is 413. The first-order chi connectivity index (χ1) is 6.87. The molecule has 0 amide bonds. The standard InChI is InChI=1S/C10H13N3O2/c1-9(2)6-10(9,11)8-4-3-7(5-12-8)13(14)15/h3-5H,6,11H2,1-2H3. The van der Waals surface area contributed by atoms with E-state index >= 15 is 0 Å². The molecule has 1 atom stereocenters. The molecule has 1 aromatic rings. The lowest BCUT2D eigenvalue weighted by Crippen LogP contribution is -2.26. The molecule has 0 spiro atoms. The van der Waals surface area contributed by atoms with Gasteiger partial charge in [-0.3, -0.25) is 15.1 Å². The molecule has 0 aliphatic heterocycles. The SMILES string of the molecule is CC1(C)CC1(N)c1ccc([N+](=O)[O-])cn1. The van der Waals surface area contributed by atoms with E-state index in [0.29, 0.717) is 0 Å². The summed E-state index contributed by atoms with van der Waals surface area (Å²) >= 11 is 0. The fourth-order valence-corrected chi connectivity index (χ4v) is 1.85. The van der Waals surface area contributed by atoms with E-state index in [9.17, 15) is 10.1 Å². The molecule has 5 nitrogen and oxygen atoms in total. The van der Waals surface area contributed by atoms with Crippen LogP contribution in [0.2, 0.25) is 0 Å². The molecule has 0 radical (unpaired) electrons. The van der Waals surface area contributed by atoms with Crippen LogP contribution in [0.15, 0.2) is 18.3 Å². The lowest BCUT2D eigenvalue weighted by molar-refractivity contribution is -0.385. The van der Waals surface area contributed by atoms with Crippen LogP contribution in [-0.4, -0.2) is 9.91 Å². The molecule has 80 valence electrons. The zero-order valence-corrected chi connectivity index (χ0v) is 8.73. The van der Waals surface area contributed by atoms with Crippen molar-refractivity contribution in [2.75, 3.05) is 0 Å². The van der Waals surface area contributed by atoms with E-state index in [1.165, 1.54) is 12.3 Å². The molecule has 1 aliphatic carbocycles. The van der Waals surface area contributed by atoms with E-state index in [0.717, 1.165) is 12.1 Å². The van der Waals surface area contributed by atoms with Gasteiger partial charge in [0, 0.05) is 6.07 Å². The molecule has 1 saturated carbocycles. The molecule has 5 heteroatoms. The first-order valence-electron chi connectivity index (χ1n) is 4.77. The third-order valence-electron chi connectivity index (χ3n) is 3.22. The van der Waals surface area contributed by atoms with E-state index in [1.807, 2.05) is 0 Å². The zero-order chi connectivity index (χ0) is 11.3. The van der Waals surface area contributed by atoms with Crippen LogP contribution < -0.4 is 5.73 Å². The van der Waals surface area contributed by atoms with Gasteiger partial charge < -0.3 is 5.73 Å². The van der Waals surface area contributed by atoms with Crippen molar-refractivity contribution in [1.29, 1.82) is 0 Å². The van der Waals surface area contributed by atoms with E-state index in [2.05, 4.69) is 18.8 Å². The summed E-state index contributed by atoms with van der Waals surface area (Å²) < 4.78 is 0. The first-order valence-corrected chi connectivity index (χ1v) is 4.77. The molecule has 1 unspecified atom stereocenters. The van der Waals surface area contributed by atoms with Crippen molar-refractivity contribution in [3.05, 3.63) is 34.1 Å². The summed E-state index contributed by atoms with van der Waals surface area (Å²) in [7, 11) is 0. The zero-order valence-electron chi connectivity index (χ0n) is 8.73. The van der Waals surface area contributed by atoms with Gasteiger partial charge in [0.05, 0.1) is 16.2 Å². The minimum Gasteiger partial charge on any atom is -0.320 e. The van der Waals surface area contributed by atoms with Crippen LogP contribution in [-0.2, 0) is 5.54 Å². The molecular weight excluding hydrogens is 194 g/mol.